The van der Waals surface area contributed by atoms with Gasteiger partial charge in [0.2, 0.25) is 5.89 Å². The first-order valence-corrected chi connectivity index (χ1v) is 8.53. The number of aliphatic hydroxyl groups is 1. The normalized spacial score (nSPS) is 14.0. The Labute approximate surface area is 170 Å². The van der Waals surface area contributed by atoms with Gasteiger partial charge in [-0.2, -0.15) is 4.98 Å². The highest BCUT2D eigenvalue weighted by Gasteiger charge is 2.26. The van der Waals surface area contributed by atoms with Gasteiger partial charge in [0.1, 0.15) is 11.4 Å². The molecule has 8 nitrogen and oxygen atoms in total. The predicted octanol–water partition coefficient (Wildman–Crippen LogP) is 2.41. The molecule has 0 radical (unpaired) electrons. The van der Waals surface area contributed by atoms with Crippen LogP contribution in [0.5, 0.6) is 0 Å². The largest absolute Gasteiger partial charge is 0.466 e. The lowest BCUT2D eigenvalue weighted by atomic mass is 10.0. The Morgan fingerprint density at radius 1 is 1.38 bits per heavy atom. The number of furan rings is 1. The smallest absolute Gasteiger partial charge is 0.228 e. The number of hydrogen-bond donors (Lipinski definition) is 3. The lowest BCUT2D eigenvalue weighted by molar-refractivity contribution is 0.0437. The second-order valence-electron chi connectivity index (χ2n) is 6.32. The molecule has 0 saturated heterocycles. The highest BCUT2D eigenvalue weighted by Crippen LogP contribution is 2.21. The molecule has 2 heterocycles. The highest BCUT2D eigenvalue weighted by molar-refractivity contribution is 14.0. The second kappa shape index (κ2) is 10.5. The van der Waals surface area contributed by atoms with Gasteiger partial charge in [-0.15, -0.1) is 24.0 Å². The van der Waals surface area contributed by atoms with Gasteiger partial charge in [-0.3, -0.25) is 0 Å². The van der Waals surface area contributed by atoms with E-state index in [0.29, 0.717) is 42.9 Å². The van der Waals surface area contributed by atoms with Crippen molar-refractivity contribution in [2.45, 2.75) is 45.6 Å². The average Bonchev–Trinajstić information content (AvgIpc) is 3.24. The Kier molecular flexibility index (Phi) is 9.06. The minimum atomic E-state index is -1.16. The summed E-state index contributed by atoms with van der Waals surface area (Å²) in [4.78, 5) is 8.76. The van der Waals surface area contributed by atoms with Crippen molar-refractivity contribution in [2.75, 3.05) is 19.6 Å². The third-order valence-corrected chi connectivity index (χ3v) is 3.57. The molecule has 0 saturated carbocycles. The molecule has 146 valence electrons. The van der Waals surface area contributed by atoms with Crippen molar-refractivity contribution in [3.63, 3.8) is 0 Å². The van der Waals surface area contributed by atoms with E-state index in [1.165, 1.54) is 6.26 Å². The van der Waals surface area contributed by atoms with E-state index in [0.717, 1.165) is 0 Å². The molecule has 3 N–H and O–H groups in total. The van der Waals surface area contributed by atoms with Crippen LogP contribution in [0, 0.1) is 0 Å². The van der Waals surface area contributed by atoms with Crippen LogP contribution in [0.2, 0.25) is 0 Å². The molecule has 0 bridgehead atoms. The van der Waals surface area contributed by atoms with E-state index >= 15 is 0 Å². The zero-order chi connectivity index (χ0) is 18.3. The number of guanidine groups is 1. The van der Waals surface area contributed by atoms with E-state index in [4.69, 9.17) is 8.94 Å². The van der Waals surface area contributed by atoms with Gasteiger partial charge in [-0.1, -0.05) is 19.0 Å². The van der Waals surface area contributed by atoms with E-state index in [-0.39, 0.29) is 36.4 Å². The molecule has 0 aliphatic rings. The summed E-state index contributed by atoms with van der Waals surface area (Å²) in [6.45, 7) is 9.18. The molecule has 0 amide bonds. The van der Waals surface area contributed by atoms with Crippen molar-refractivity contribution in [1.82, 2.24) is 20.8 Å². The summed E-state index contributed by atoms with van der Waals surface area (Å²) in [5.41, 5.74) is -1.16. The third-order valence-electron chi connectivity index (χ3n) is 3.57. The van der Waals surface area contributed by atoms with Crippen LogP contribution >= 0.6 is 24.0 Å². The van der Waals surface area contributed by atoms with Crippen molar-refractivity contribution in [3.8, 4) is 0 Å². The predicted molar refractivity (Wildman–Crippen MR) is 110 cm³/mol. The molecule has 0 aliphatic carbocycles. The van der Waals surface area contributed by atoms with Gasteiger partial charge in [0.05, 0.1) is 12.8 Å². The number of halogens is 1. The van der Waals surface area contributed by atoms with Crippen LogP contribution < -0.4 is 10.6 Å². The van der Waals surface area contributed by atoms with E-state index < -0.39 is 5.60 Å². The van der Waals surface area contributed by atoms with E-state index in [9.17, 15) is 5.11 Å². The summed E-state index contributed by atoms with van der Waals surface area (Å²) in [6.07, 6.45) is 2.13. The monoisotopic (exact) mass is 477 g/mol. The molecule has 0 aliphatic heterocycles. The molecule has 1 atom stereocenters. The SMILES string of the molecule is CCNC(=NCC(C)(O)c1ccco1)NCCc1nc(C(C)C)no1.I. The fourth-order valence-electron chi connectivity index (χ4n) is 2.13. The van der Waals surface area contributed by atoms with Gasteiger partial charge < -0.3 is 24.7 Å². The van der Waals surface area contributed by atoms with Gasteiger partial charge in [-0.25, -0.2) is 4.99 Å². The fraction of sp³-hybridized carbons (Fsp3) is 0.588. The molecule has 2 rings (SSSR count). The van der Waals surface area contributed by atoms with Crippen LogP contribution in [0.4, 0.5) is 0 Å². The van der Waals surface area contributed by atoms with Crippen molar-refractivity contribution in [3.05, 3.63) is 35.9 Å². The Balaban J connectivity index is 0.00000338. The summed E-state index contributed by atoms with van der Waals surface area (Å²) in [7, 11) is 0. The van der Waals surface area contributed by atoms with Crippen molar-refractivity contribution in [2.24, 2.45) is 4.99 Å². The molecule has 2 aromatic heterocycles. The van der Waals surface area contributed by atoms with Gasteiger partial charge in [0.15, 0.2) is 11.8 Å². The van der Waals surface area contributed by atoms with E-state index in [2.05, 4.69) is 25.8 Å². The third kappa shape index (κ3) is 6.60. The quantitative estimate of drug-likeness (QED) is 0.305. The molecule has 2 aromatic rings. The van der Waals surface area contributed by atoms with Crippen LogP contribution in [-0.4, -0.2) is 40.8 Å². The number of nitrogens with zero attached hydrogens (tertiary/aromatic N) is 3. The maximum absolute atomic E-state index is 10.5. The first-order valence-electron chi connectivity index (χ1n) is 8.53. The molecular formula is C17H28IN5O3. The first kappa shape index (κ1) is 22.4. The van der Waals surface area contributed by atoms with Gasteiger partial charge in [0.25, 0.3) is 0 Å². The summed E-state index contributed by atoms with van der Waals surface area (Å²) in [5, 5.41) is 20.7. The summed E-state index contributed by atoms with van der Waals surface area (Å²) in [5.74, 6) is 2.64. The van der Waals surface area contributed by atoms with Crippen LogP contribution in [0.15, 0.2) is 32.3 Å². The number of nitrogens with one attached hydrogen (secondary N) is 2. The number of aliphatic imine (C=N–C) groups is 1. The Bertz CT molecular complexity index is 668. The van der Waals surface area contributed by atoms with Crippen molar-refractivity contribution >= 4 is 29.9 Å². The van der Waals surface area contributed by atoms with Crippen LogP contribution in [-0.2, 0) is 12.0 Å². The van der Waals surface area contributed by atoms with Gasteiger partial charge in [-0.05, 0) is 26.0 Å². The molecule has 9 heteroatoms. The fourth-order valence-corrected chi connectivity index (χ4v) is 2.13. The van der Waals surface area contributed by atoms with E-state index in [1.54, 1.807) is 19.1 Å². The Morgan fingerprint density at radius 3 is 2.73 bits per heavy atom. The molecule has 26 heavy (non-hydrogen) atoms. The zero-order valence-electron chi connectivity index (χ0n) is 15.7. The average molecular weight is 477 g/mol. The lowest BCUT2D eigenvalue weighted by Gasteiger charge is -2.19. The van der Waals surface area contributed by atoms with Gasteiger partial charge in [0, 0.05) is 25.4 Å². The van der Waals surface area contributed by atoms with Crippen LogP contribution in [0.3, 0.4) is 0 Å². The topological polar surface area (TPSA) is 109 Å². The molecule has 0 spiro atoms. The number of aromatic nitrogens is 2. The molecule has 0 fully saturated rings. The maximum atomic E-state index is 10.5. The minimum Gasteiger partial charge on any atom is -0.466 e. The number of rotatable bonds is 8. The van der Waals surface area contributed by atoms with Crippen LogP contribution in [0.25, 0.3) is 0 Å². The van der Waals surface area contributed by atoms with Crippen LogP contribution in [0.1, 0.15) is 51.1 Å². The Hall–Kier alpha value is -1.62. The number of hydrogen-bond acceptors (Lipinski definition) is 6. The maximum Gasteiger partial charge on any atom is 0.228 e. The Morgan fingerprint density at radius 2 is 2.15 bits per heavy atom. The molecule has 0 aromatic carbocycles. The zero-order valence-corrected chi connectivity index (χ0v) is 18.0. The molecular weight excluding hydrogens is 449 g/mol. The van der Waals surface area contributed by atoms with Crippen molar-refractivity contribution in [1.29, 1.82) is 0 Å². The minimum absolute atomic E-state index is 0. The molecule has 1 unspecified atom stereocenters. The van der Waals surface area contributed by atoms with Crippen molar-refractivity contribution < 1.29 is 14.0 Å². The standard InChI is InChI=1S/C17H27N5O3.HI/c1-5-18-16(20-11-17(4,23)13-7-6-10-24-13)19-9-8-14-21-15(12(2)3)22-25-14;/h6-7,10,12,23H,5,8-9,11H2,1-4H3,(H2,18,19,20);1H. The summed E-state index contributed by atoms with van der Waals surface area (Å²) >= 11 is 0. The summed E-state index contributed by atoms with van der Waals surface area (Å²) in [6, 6.07) is 3.48. The first-order chi connectivity index (χ1) is 11.9. The lowest BCUT2D eigenvalue weighted by Crippen LogP contribution is -2.39. The van der Waals surface area contributed by atoms with Gasteiger partial charge >= 0.3 is 0 Å². The van der Waals surface area contributed by atoms with E-state index in [1.807, 2.05) is 20.8 Å². The second-order valence-corrected chi connectivity index (χ2v) is 6.32. The highest BCUT2D eigenvalue weighted by atomic mass is 127. The summed E-state index contributed by atoms with van der Waals surface area (Å²) < 4.78 is 10.5.